The Kier molecular flexibility index (Phi) is 8.74. The molecular formula is C16H27N3OS. The van der Waals surface area contributed by atoms with Crippen LogP contribution in [-0.2, 0) is 6.42 Å². The predicted molar refractivity (Wildman–Crippen MR) is 93.8 cm³/mol. The summed E-state index contributed by atoms with van der Waals surface area (Å²) in [5.41, 5.74) is 2.48. The summed E-state index contributed by atoms with van der Waals surface area (Å²) in [6, 6.07) is 6.28. The molecule has 0 radical (unpaired) electrons. The smallest absolute Gasteiger partial charge is 0.190 e. The molecule has 21 heavy (non-hydrogen) atoms. The Bertz CT molecular complexity index is 449. The summed E-state index contributed by atoms with van der Waals surface area (Å²) in [6.45, 7) is 3.89. The predicted octanol–water partition coefficient (Wildman–Crippen LogP) is 2.46. The fraction of sp³-hybridized carbons (Fsp3) is 0.562. The number of hydrogen-bond donors (Lipinski definition) is 2. The molecule has 1 rings (SSSR count). The number of methoxy groups -OCH3 is 1. The van der Waals surface area contributed by atoms with Gasteiger partial charge < -0.3 is 15.4 Å². The number of thioether (sulfide) groups is 1. The molecule has 0 atom stereocenters. The molecule has 5 heteroatoms. The minimum Gasteiger partial charge on any atom is -0.496 e. The molecule has 0 aliphatic heterocycles. The molecule has 0 amide bonds. The highest BCUT2D eigenvalue weighted by atomic mass is 32.2. The van der Waals surface area contributed by atoms with Crippen LogP contribution in [0.25, 0.3) is 0 Å². The van der Waals surface area contributed by atoms with Crippen LogP contribution in [0, 0.1) is 6.92 Å². The number of hydrogen-bond acceptors (Lipinski definition) is 3. The van der Waals surface area contributed by atoms with Gasteiger partial charge in [0.05, 0.1) is 7.11 Å². The second kappa shape index (κ2) is 10.4. The topological polar surface area (TPSA) is 45.7 Å². The summed E-state index contributed by atoms with van der Waals surface area (Å²) >= 11 is 1.87. The van der Waals surface area contributed by atoms with Gasteiger partial charge in [-0.3, -0.25) is 4.99 Å². The molecule has 0 heterocycles. The Morgan fingerprint density at radius 1 is 1.29 bits per heavy atom. The molecule has 0 saturated carbocycles. The summed E-state index contributed by atoms with van der Waals surface area (Å²) in [4.78, 5) is 4.23. The highest BCUT2D eigenvalue weighted by Crippen LogP contribution is 2.19. The Morgan fingerprint density at radius 3 is 2.71 bits per heavy atom. The van der Waals surface area contributed by atoms with E-state index in [0.29, 0.717) is 0 Å². The van der Waals surface area contributed by atoms with Crippen molar-refractivity contribution < 1.29 is 4.74 Å². The van der Waals surface area contributed by atoms with E-state index in [4.69, 9.17) is 4.74 Å². The van der Waals surface area contributed by atoms with Gasteiger partial charge >= 0.3 is 0 Å². The minimum absolute atomic E-state index is 0.835. The minimum atomic E-state index is 0.835. The lowest BCUT2D eigenvalue weighted by Crippen LogP contribution is -2.38. The maximum Gasteiger partial charge on any atom is 0.190 e. The van der Waals surface area contributed by atoms with Gasteiger partial charge in [-0.15, -0.1) is 0 Å². The zero-order valence-electron chi connectivity index (χ0n) is 13.5. The number of rotatable bonds is 8. The Morgan fingerprint density at radius 2 is 2.05 bits per heavy atom. The van der Waals surface area contributed by atoms with E-state index in [1.165, 1.54) is 16.9 Å². The van der Waals surface area contributed by atoms with Gasteiger partial charge in [-0.2, -0.15) is 11.8 Å². The first-order chi connectivity index (χ1) is 10.2. The number of nitrogens with one attached hydrogen (secondary N) is 2. The van der Waals surface area contributed by atoms with E-state index < -0.39 is 0 Å². The molecule has 118 valence electrons. The first-order valence-corrected chi connectivity index (χ1v) is 8.67. The fourth-order valence-corrected chi connectivity index (χ4v) is 2.50. The summed E-state index contributed by atoms with van der Waals surface area (Å²) in [6.07, 6.45) is 4.19. The number of benzene rings is 1. The zero-order chi connectivity index (χ0) is 15.5. The quantitative estimate of drug-likeness (QED) is 0.440. The van der Waals surface area contributed by atoms with Crippen LogP contribution in [0.3, 0.4) is 0 Å². The molecule has 2 N–H and O–H groups in total. The molecule has 0 aromatic heterocycles. The van der Waals surface area contributed by atoms with E-state index in [1.807, 2.05) is 17.8 Å². The molecule has 1 aromatic rings. The molecule has 0 fully saturated rings. The van der Waals surface area contributed by atoms with Crippen molar-refractivity contribution in [2.75, 3.05) is 39.3 Å². The third-order valence-electron chi connectivity index (χ3n) is 3.16. The molecular weight excluding hydrogens is 282 g/mol. The van der Waals surface area contributed by atoms with Crippen LogP contribution in [0.5, 0.6) is 5.75 Å². The van der Waals surface area contributed by atoms with Gasteiger partial charge in [-0.05, 0) is 43.4 Å². The summed E-state index contributed by atoms with van der Waals surface area (Å²) < 4.78 is 5.40. The monoisotopic (exact) mass is 309 g/mol. The van der Waals surface area contributed by atoms with Crippen molar-refractivity contribution in [3.05, 3.63) is 29.3 Å². The van der Waals surface area contributed by atoms with Crippen LogP contribution in [0.15, 0.2) is 23.2 Å². The molecule has 0 saturated heterocycles. The SMILES string of the molecule is CN=C(NCCCSC)NCCc1cc(C)ccc1OC. The normalized spacial score (nSPS) is 11.3. The van der Waals surface area contributed by atoms with Crippen LogP contribution < -0.4 is 15.4 Å². The van der Waals surface area contributed by atoms with E-state index in [1.54, 1.807) is 14.2 Å². The molecule has 4 nitrogen and oxygen atoms in total. The number of guanidine groups is 1. The molecule has 0 spiro atoms. The van der Waals surface area contributed by atoms with Crippen molar-refractivity contribution in [1.82, 2.24) is 10.6 Å². The third-order valence-corrected chi connectivity index (χ3v) is 3.86. The van der Waals surface area contributed by atoms with E-state index in [9.17, 15) is 0 Å². The third kappa shape index (κ3) is 6.76. The van der Waals surface area contributed by atoms with E-state index in [0.717, 1.165) is 37.6 Å². The molecule has 0 aliphatic rings. The number of ether oxygens (including phenoxy) is 1. The van der Waals surface area contributed by atoms with Crippen LogP contribution in [-0.4, -0.2) is 45.2 Å². The molecule has 1 aromatic carbocycles. The molecule has 0 unspecified atom stereocenters. The number of aryl methyl sites for hydroxylation is 1. The van der Waals surface area contributed by atoms with Crippen molar-refractivity contribution in [2.45, 2.75) is 19.8 Å². The van der Waals surface area contributed by atoms with Gasteiger partial charge in [-0.1, -0.05) is 17.7 Å². The summed E-state index contributed by atoms with van der Waals surface area (Å²) in [5.74, 6) is 2.98. The van der Waals surface area contributed by atoms with Crippen molar-refractivity contribution in [3.8, 4) is 5.75 Å². The lowest BCUT2D eigenvalue weighted by Gasteiger charge is -2.13. The van der Waals surface area contributed by atoms with Gasteiger partial charge in [0, 0.05) is 20.1 Å². The summed E-state index contributed by atoms with van der Waals surface area (Å²) in [7, 11) is 3.52. The Labute approximate surface area is 132 Å². The zero-order valence-corrected chi connectivity index (χ0v) is 14.3. The lowest BCUT2D eigenvalue weighted by molar-refractivity contribution is 0.409. The first kappa shape index (κ1) is 17.7. The van der Waals surface area contributed by atoms with E-state index in [2.05, 4.69) is 40.9 Å². The standard InChI is InChI=1S/C16H27N3OS/c1-13-6-7-15(20-3)14(12-13)8-10-19-16(17-2)18-9-5-11-21-4/h6-7,12H,5,8-11H2,1-4H3,(H2,17,18,19). The highest BCUT2D eigenvalue weighted by Gasteiger charge is 2.04. The van der Waals surface area contributed by atoms with E-state index >= 15 is 0 Å². The summed E-state index contributed by atoms with van der Waals surface area (Å²) in [5, 5.41) is 6.67. The molecule has 0 bridgehead atoms. The van der Waals surface area contributed by atoms with Crippen molar-refractivity contribution in [1.29, 1.82) is 0 Å². The van der Waals surface area contributed by atoms with E-state index in [-0.39, 0.29) is 0 Å². The average Bonchev–Trinajstić information content (AvgIpc) is 2.50. The van der Waals surface area contributed by atoms with Gasteiger partial charge in [-0.25, -0.2) is 0 Å². The fourth-order valence-electron chi connectivity index (χ4n) is 2.06. The van der Waals surface area contributed by atoms with Gasteiger partial charge in [0.1, 0.15) is 5.75 Å². The van der Waals surface area contributed by atoms with Crippen LogP contribution in [0.2, 0.25) is 0 Å². The van der Waals surface area contributed by atoms with Crippen LogP contribution >= 0.6 is 11.8 Å². The number of aliphatic imine (C=N–C) groups is 1. The maximum atomic E-state index is 5.40. The maximum absolute atomic E-state index is 5.40. The second-order valence-corrected chi connectivity index (χ2v) is 5.82. The van der Waals surface area contributed by atoms with Crippen molar-refractivity contribution >= 4 is 17.7 Å². The largest absolute Gasteiger partial charge is 0.496 e. The van der Waals surface area contributed by atoms with Crippen LogP contribution in [0.4, 0.5) is 0 Å². The first-order valence-electron chi connectivity index (χ1n) is 7.28. The van der Waals surface area contributed by atoms with Crippen LogP contribution in [0.1, 0.15) is 17.5 Å². The number of nitrogens with zero attached hydrogens (tertiary/aromatic N) is 1. The lowest BCUT2D eigenvalue weighted by atomic mass is 10.1. The van der Waals surface area contributed by atoms with Gasteiger partial charge in [0.2, 0.25) is 0 Å². The second-order valence-electron chi connectivity index (χ2n) is 4.84. The van der Waals surface area contributed by atoms with Gasteiger partial charge in [0.15, 0.2) is 5.96 Å². The van der Waals surface area contributed by atoms with Crippen molar-refractivity contribution in [2.24, 2.45) is 4.99 Å². The molecule has 0 aliphatic carbocycles. The Hall–Kier alpha value is -1.36. The average molecular weight is 309 g/mol. The highest BCUT2D eigenvalue weighted by molar-refractivity contribution is 7.98. The van der Waals surface area contributed by atoms with Gasteiger partial charge in [0.25, 0.3) is 0 Å². The van der Waals surface area contributed by atoms with Crippen molar-refractivity contribution in [3.63, 3.8) is 0 Å². The Balaban J connectivity index is 2.39.